The highest BCUT2D eigenvalue weighted by molar-refractivity contribution is 4.92. The minimum atomic E-state index is 0.383. The molecule has 1 atom stereocenters. The summed E-state index contributed by atoms with van der Waals surface area (Å²) in [7, 11) is 0. The van der Waals surface area contributed by atoms with Gasteiger partial charge in [0, 0.05) is 18.6 Å². The van der Waals surface area contributed by atoms with E-state index in [0.29, 0.717) is 18.0 Å². The lowest BCUT2D eigenvalue weighted by molar-refractivity contribution is 0.424. The molecule has 0 aromatic carbocycles. The van der Waals surface area contributed by atoms with Crippen molar-refractivity contribution in [2.45, 2.75) is 53.2 Å². The van der Waals surface area contributed by atoms with Gasteiger partial charge in [0.25, 0.3) is 0 Å². The number of nitrogens with zero attached hydrogens (tertiary/aromatic N) is 3. The first kappa shape index (κ1) is 12.2. The first-order valence-electron chi connectivity index (χ1n) is 5.64. The molecule has 0 saturated heterocycles. The Hall–Kier alpha value is -0.900. The molecule has 0 bridgehead atoms. The number of aromatic nitrogens is 3. The Labute approximate surface area is 92.1 Å². The van der Waals surface area contributed by atoms with E-state index in [-0.39, 0.29) is 0 Å². The molecule has 0 fully saturated rings. The summed E-state index contributed by atoms with van der Waals surface area (Å²) in [5.74, 6) is 0.644. The van der Waals surface area contributed by atoms with Crippen molar-refractivity contribution in [3.8, 4) is 0 Å². The van der Waals surface area contributed by atoms with E-state index >= 15 is 0 Å². The van der Waals surface area contributed by atoms with Crippen LogP contribution >= 0.6 is 0 Å². The molecule has 1 heterocycles. The minimum absolute atomic E-state index is 0.383. The molecule has 0 aliphatic carbocycles. The Morgan fingerprint density at radius 3 is 2.40 bits per heavy atom. The molecule has 4 nitrogen and oxygen atoms in total. The van der Waals surface area contributed by atoms with Gasteiger partial charge in [-0.1, -0.05) is 19.1 Å². The molecule has 1 aromatic rings. The lowest BCUT2D eigenvalue weighted by atomic mass is 10.1. The van der Waals surface area contributed by atoms with Gasteiger partial charge in [-0.25, -0.2) is 4.68 Å². The highest BCUT2D eigenvalue weighted by Gasteiger charge is 2.08. The number of rotatable bonds is 5. The summed E-state index contributed by atoms with van der Waals surface area (Å²) in [5, 5.41) is 11.6. The molecular weight excluding hydrogens is 188 g/mol. The third-order valence-corrected chi connectivity index (χ3v) is 2.69. The van der Waals surface area contributed by atoms with Crippen LogP contribution < -0.4 is 5.32 Å². The SMILES string of the molecule is CC(C)C(C)NCc1cn(C(C)C)nn1. The standard InChI is InChI=1S/C11H22N4/c1-8(2)10(5)12-6-11-7-15(9(3)4)14-13-11/h7-10,12H,6H2,1-5H3. The quantitative estimate of drug-likeness (QED) is 0.808. The summed E-state index contributed by atoms with van der Waals surface area (Å²) in [4.78, 5) is 0. The van der Waals surface area contributed by atoms with Gasteiger partial charge >= 0.3 is 0 Å². The van der Waals surface area contributed by atoms with Crippen molar-refractivity contribution in [2.24, 2.45) is 5.92 Å². The average molecular weight is 210 g/mol. The molecule has 1 aromatic heterocycles. The Bertz CT molecular complexity index is 291. The maximum atomic E-state index is 4.12. The van der Waals surface area contributed by atoms with Crippen molar-refractivity contribution in [1.29, 1.82) is 0 Å². The summed E-state index contributed by atoms with van der Waals surface area (Å²) in [5.41, 5.74) is 1.01. The van der Waals surface area contributed by atoms with E-state index in [0.717, 1.165) is 12.2 Å². The molecule has 1 rings (SSSR count). The molecular formula is C11H22N4. The zero-order chi connectivity index (χ0) is 11.4. The van der Waals surface area contributed by atoms with E-state index in [1.165, 1.54) is 0 Å². The second kappa shape index (κ2) is 5.26. The van der Waals surface area contributed by atoms with Crippen LogP contribution in [0.2, 0.25) is 0 Å². The van der Waals surface area contributed by atoms with Gasteiger partial charge in [-0.05, 0) is 26.7 Å². The zero-order valence-electron chi connectivity index (χ0n) is 10.4. The monoisotopic (exact) mass is 210 g/mol. The molecule has 0 saturated carbocycles. The van der Waals surface area contributed by atoms with E-state index in [1.807, 2.05) is 10.9 Å². The van der Waals surface area contributed by atoms with Crippen LogP contribution in [0, 0.1) is 5.92 Å². The Morgan fingerprint density at radius 1 is 1.27 bits per heavy atom. The van der Waals surface area contributed by atoms with Crippen LogP contribution in [0.15, 0.2) is 6.20 Å². The summed E-state index contributed by atoms with van der Waals surface area (Å²) < 4.78 is 1.89. The summed E-state index contributed by atoms with van der Waals surface area (Å²) in [6.45, 7) is 11.6. The minimum Gasteiger partial charge on any atom is -0.308 e. The zero-order valence-corrected chi connectivity index (χ0v) is 10.4. The van der Waals surface area contributed by atoms with E-state index in [9.17, 15) is 0 Å². The van der Waals surface area contributed by atoms with Crippen molar-refractivity contribution in [1.82, 2.24) is 20.3 Å². The molecule has 0 aliphatic heterocycles. The van der Waals surface area contributed by atoms with E-state index in [2.05, 4.69) is 50.2 Å². The molecule has 0 spiro atoms. The van der Waals surface area contributed by atoms with Gasteiger partial charge in [-0.15, -0.1) is 5.10 Å². The van der Waals surface area contributed by atoms with Gasteiger partial charge in [0.05, 0.1) is 11.9 Å². The lowest BCUT2D eigenvalue weighted by Gasteiger charge is -2.16. The van der Waals surface area contributed by atoms with Crippen molar-refractivity contribution in [3.63, 3.8) is 0 Å². The number of nitrogens with one attached hydrogen (secondary N) is 1. The van der Waals surface area contributed by atoms with Gasteiger partial charge in [0.1, 0.15) is 0 Å². The fraction of sp³-hybridized carbons (Fsp3) is 0.818. The second-order valence-electron chi connectivity index (χ2n) is 4.70. The molecule has 1 N–H and O–H groups in total. The Morgan fingerprint density at radius 2 is 1.93 bits per heavy atom. The van der Waals surface area contributed by atoms with Gasteiger partial charge in [-0.2, -0.15) is 0 Å². The van der Waals surface area contributed by atoms with Crippen LogP contribution in [0.5, 0.6) is 0 Å². The Kier molecular flexibility index (Phi) is 4.27. The molecule has 0 radical (unpaired) electrons. The predicted molar refractivity (Wildman–Crippen MR) is 61.5 cm³/mol. The average Bonchev–Trinajstić information content (AvgIpc) is 2.62. The van der Waals surface area contributed by atoms with Crippen molar-refractivity contribution < 1.29 is 0 Å². The van der Waals surface area contributed by atoms with Crippen LogP contribution in [0.4, 0.5) is 0 Å². The van der Waals surface area contributed by atoms with Crippen LogP contribution in [0.25, 0.3) is 0 Å². The van der Waals surface area contributed by atoms with Gasteiger partial charge < -0.3 is 5.32 Å². The first-order chi connectivity index (χ1) is 7.00. The van der Waals surface area contributed by atoms with E-state index in [4.69, 9.17) is 0 Å². The highest BCUT2D eigenvalue weighted by Crippen LogP contribution is 2.04. The summed E-state index contributed by atoms with van der Waals surface area (Å²) >= 11 is 0. The smallest absolute Gasteiger partial charge is 0.0965 e. The Balaban J connectivity index is 2.44. The van der Waals surface area contributed by atoms with Crippen LogP contribution in [0.3, 0.4) is 0 Å². The van der Waals surface area contributed by atoms with Crippen molar-refractivity contribution >= 4 is 0 Å². The molecule has 15 heavy (non-hydrogen) atoms. The normalized spacial score (nSPS) is 13.8. The molecule has 0 amide bonds. The molecule has 86 valence electrons. The van der Waals surface area contributed by atoms with Gasteiger partial charge in [0.2, 0.25) is 0 Å². The molecule has 0 aliphatic rings. The number of hydrogen-bond acceptors (Lipinski definition) is 3. The lowest BCUT2D eigenvalue weighted by Crippen LogP contribution is -2.30. The molecule has 4 heteroatoms. The van der Waals surface area contributed by atoms with Crippen molar-refractivity contribution in [3.05, 3.63) is 11.9 Å². The van der Waals surface area contributed by atoms with Crippen molar-refractivity contribution in [2.75, 3.05) is 0 Å². The van der Waals surface area contributed by atoms with E-state index in [1.54, 1.807) is 0 Å². The fourth-order valence-electron chi connectivity index (χ4n) is 1.15. The largest absolute Gasteiger partial charge is 0.308 e. The van der Waals surface area contributed by atoms with Crippen LogP contribution in [0.1, 0.15) is 46.4 Å². The molecule has 1 unspecified atom stereocenters. The summed E-state index contributed by atoms with van der Waals surface area (Å²) in [6.07, 6.45) is 2.00. The summed E-state index contributed by atoms with van der Waals surface area (Å²) in [6, 6.07) is 0.892. The van der Waals surface area contributed by atoms with Gasteiger partial charge in [-0.3, -0.25) is 0 Å². The second-order valence-corrected chi connectivity index (χ2v) is 4.70. The fourth-order valence-corrected chi connectivity index (χ4v) is 1.15. The van der Waals surface area contributed by atoms with Gasteiger partial charge in [0.15, 0.2) is 0 Å². The third kappa shape index (κ3) is 3.63. The third-order valence-electron chi connectivity index (χ3n) is 2.69. The first-order valence-corrected chi connectivity index (χ1v) is 5.64. The van der Waals surface area contributed by atoms with Crippen LogP contribution in [-0.4, -0.2) is 21.0 Å². The van der Waals surface area contributed by atoms with Crippen LogP contribution in [-0.2, 0) is 6.54 Å². The maximum absolute atomic E-state index is 4.12. The topological polar surface area (TPSA) is 42.7 Å². The van der Waals surface area contributed by atoms with E-state index < -0.39 is 0 Å². The highest BCUT2D eigenvalue weighted by atomic mass is 15.4. The number of hydrogen-bond donors (Lipinski definition) is 1. The predicted octanol–water partition coefficient (Wildman–Crippen LogP) is 1.99. The maximum Gasteiger partial charge on any atom is 0.0965 e.